The molecule has 0 saturated heterocycles. The number of fused-ring (bicyclic) bond motifs is 3. The van der Waals surface area contributed by atoms with Crippen molar-refractivity contribution in [3.8, 4) is 0 Å². The molecule has 3 heterocycles. The van der Waals surface area contributed by atoms with Gasteiger partial charge in [0.2, 0.25) is 0 Å². The summed E-state index contributed by atoms with van der Waals surface area (Å²) in [6.45, 7) is 0. The van der Waals surface area contributed by atoms with Gasteiger partial charge in [-0.25, -0.2) is 0 Å². The topological polar surface area (TPSA) is 78.0 Å². The molecule has 0 atom stereocenters. The van der Waals surface area contributed by atoms with E-state index in [1.807, 2.05) is 6.07 Å². The predicted molar refractivity (Wildman–Crippen MR) is 58.6 cm³/mol. The van der Waals surface area contributed by atoms with Gasteiger partial charge in [-0.15, -0.1) is 10.2 Å². The molecule has 0 N–H and O–H groups in total. The van der Waals surface area contributed by atoms with Gasteiger partial charge in [0.05, 0.1) is 0 Å². The third kappa shape index (κ3) is 1.13. The second-order valence-electron chi connectivity index (χ2n) is 4.17. The molecule has 0 unspecified atom stereocenters. The molecule has 3 aromatic heterocycles. The van der Waals surface area contributed by atoms with Crippen molar-refractivity contribution in [3.63, 3.8) is 0 Å². The SMILES string of the molecule is O=c1c2nnc3ncnn3c2ccn1C1CC1. The Morgan fingerprint density at radius 1 is 1.29 bits per heavy atom. The van der Waals surface area contributed by atoms with Crippen LogP contribution in [0.3, 0.4) is 0 Å². The molecule has 1 aliphatic carbocycles. The van der Waals surface area contributed by atoms with Gasteiger partial charge in [0, 0.05) is 12.2 Å². The minimum Gasteiger partial charge on any atom is -0.310 e. The predicted octanol–water partition coefficient (Wildman–Crippen LogP) is 0.169. The molecular formula is C10H8N6O. The van der Waals surface area contributed by atoms with E-state index in [2.05, 4.69) is 20.3 Å². The Morgan fingerprint density at radius 3 is 3.00 bits per heavy atom. The minimum atomic E-state index is -0.102. The summed E-state index contributed by atoms with van der Waals surface area (Å²) in [6.07, 6.45) is 5.32. The van der Waals surface area contributed by atoms with Crippen LogP contribution >= 0.6 is 0 Å². The molecule has 1 fully saturated rings. The fourth-order valence-electron chi connectivity index (χ4n) is 2.00. The Kier molecular flexibility index (Phi) is 1.49. The van der Waals surface area contributed by atoms with Crippen LogP contribution in [-0.2, 0) is 0 Å². The summed E-state index contributed by atoms with van der Waals surface area (Å²) in [5.41, 5.74) is 0.890. The molecule has 7 nitrogen and oxygen atoms in total. The first-order valence-electron chi connectivity index (χ1n) is 5.42. The quantitative estimate of drug-likeness (QED) is 0.593. The van der Waals surface area contributed by atoms with Crippen LogP contribution in [0, 0.1) is 0 Å². The van der Waals surface area contributed by atoms with Crippen molar-refractivity contribution < 1.29 is 0 Å². The molecule has 0 radical (unpaired) electrons. The zero-order valence-corrected chi connectivity index (χ0v) is 8.82. The van der Waals surface area contributed by atoms with E-state index in [4.69, 9.17) is 0 Å². The van der Waals surface area contributed by atoms with E-state index in [0.29, 0.717) is 22.9 Å². The number of pyridine rings is 1. The van der Waals surface area contributed by atoms with E-state index in [1.54, 1.807) is 10.8 Å². The lowest BCUT2D eigenvalue weighted by molar-refractivity contribution is 0.709. The highest BCUT2D eigenvalue weighted by Gasteiger charge is 2.25. The van der Waals surface area contributed by atoms with Gasteiger partial charge in [0.25, 0.3) is 11.3 Å². The highest BCUT2D eigenvalue weighted by Crippen LogP contribution is 2.33. The molecule has 1 saturated carbocycles. The molecule has 4 rings (SSSR count). The van der Waals surface area contributed by atoms with Gasteiger partial charge in [-0.3, -0.25) is 4.79 Å². The average Bonchev–Trinajstić information content (AvgIpc) is 3.06. The second kappa shape index (κ2) is 2.88. The first kappa shape index (κ1) is 8.80. The maximum absolute atomic E-state index is 12.2. The molecular weight excluding hydrogens is 220 g/mol. The van der Waals surface area contributed by atoms with Crippen molar-refractivity contribution in [2.24, 2.45) is 0 Å². The first-order valence-corrected chi connectivity index (χ1v) is 5.42. The average molecular weight is 228 g/mol. The second-order valence-corrected chi connectivity index (χ2v) is 4.17. The third-order valence-corrected chi connectivity index (χ3v) is 3.01. The number of hydrogen-bond donors (Lipinski definition) is 0. The van der Waals surface area contributed by atoms with Crippen molar-refractivity contribution in [2.75, 3.05) is 0 Å². The molecule has 0 bridgehead atoms. The third-order valence-electron chi connectivity index (χ3n) is 3.01. The van der Waals surface area contributed by atoms with Crippen LogP contribution in [0.15, 0.2) is 23.4 Å². The number of aromatic nitrogens is 6. The van der Waals surface area contributed by atoms with Crippen LogP contribution in [0.1, 0.15) is 18.9 Å². The Balaban J connectivity index is 2.17. The van der Waals surface area contributed by atoms with E-state index in [-0.39, 0.29) is 5.56 Å². The highest BCUT2D eigenvalue weighted by molar-refractivity contribution is 5.74. The van der Waals surface area contributed by atoms with E-state index in [0.717, 1.165) is 12.8 Å². The molecule has 0 amide bonds. The molecule has 17 heavy (non-hydrogen) atoms. The summed E-state index contributed by atoms with van der Waals surface area (Å²) in [6, 6.07) is 2.17. The van der Waals surface area contributed by atoms with Crippen LogP contribution in [0.25, 0.3) is 16.8 Å². The van der Waals surface area contributed by atoms with Crippen LogP contribution < -0.4 is 5.56 Å². The van der Waals surface area contributed by atoms with Crippen molar-refractivity contribution >= 4 is 16.8 Å². The maximum Gasteiger partial charge on any atom is 0.280 e. The summed E-state index contributed by atoms with van der Waals surface area (Å²) in [4.78, 5) is 16.1. The van der Waals surface area contributed by atoms with E-state index < -0.39 is 0 Å². The number of hydrogen-bond acceptors (Lipinski definition) is 5. The van der Waals surface area contributed by atoms with Gasteiger partial charge in [-0.1, -0.05) is 0 Å². The normalized spacial score (nSPS) is 15.8. The van der Waals surface area contributed by atoms with E-state index >= 15 is 0 Å². The van der Waals surface area contributed by atoms with Crippen LogP contribution in [0.4, 0.5) is 0 Å². The summed E-state index contributed by atoms with van der Waals surface area (Å²) in [5, 5.41) is 11.9. The van der Waals surface area contributed by atoms with Crippen LogP contribution in [0.5, 0.6) is 0 Å². The molecule has 7 heteroatoms. The van der Waals surface area contributed by atoms with Gasteiger partial charge in [-0.05, 0) is 18.9 Å². The van der Waals surface area contributed by atoms with E-state index in [1.165, 1.54) is 10.8 Å². The Bertz CT molecular complexity index is 784. The largest absolute Gasteiger partial charge is 0.310 e. The molecule has 0 spiro atoms. The van der Waals surface area contributed by atoms with Crippen LogP contribution in [0.2, 0.25) is 0 Å². The molecule has 1 aliphatic rings. The van der Waals surface area contributed by atoms with Crippen molar-refractivity contribution in [1.82, 2.24) is 29.4 Å². The highest BCUT2D eigenvalue weighted by atomic mass is 16.1. The monoisotopic (exact) mass is 228 g/mol. The number of nitrogens with zero attached hydrogens (tertiary/aromatic N) is 6. The molecule has 0 aromatic carbocycles. The van der Waals surface area contributed by atoms with Crippen molar-refractivity contribution in [1.29, 1.82) is 0 Å². The summed E-state index contributed by atoms with van der Waals surface area (Å²) in [7, 11) is 0. The molecule has 3 aromatic rings. The zero-order valence-electron chi connectivity index (χ0n) is 8.82. The van der Waals surface area contributed by atoms with Gasteiger partial charge in [-0.2, -0.15) is 14.6 Å². The summed E-state index contributed by atoms with van der Waals surface area (Å²) in [5.74, 6) is 0.404. The lowest BCUT2D eigenvalue weighted by Crippen LogP contribution is -2.20. The Hall–Kier alpha value is -2.31. The lowest BCUT2D eigenvalue weighted by Gasteiger charge is -2.04. The van der Waals surface area contributed by atoms with Gasteiger partial charge >= 0.3 is 0 Å². The number of rotatable bonds is 1. The van der Waals surface area contributed by atoms with Crippen LogP contribution in [-0.4, -0.2) is 29.4 Å². The standard InChI is InChI=1S/C10H8N6O/c17-9-8-7(3-4-15(9)6-1-2-6)16-10(14-13-8)11-5-12-16/h3-6H,1-2H2. The van der Waals surface area contributed by atoms with Crippen molar-refractivity contribution in [3.05, 3.63) is 28.9 Å². The fraction of sp³-hybridized carbons (Fsp3) is 0.300. The smallest absolute Gasteiger partial charge is 0.280 e. The first-order chi connectivity index (χ1) is 8.34. The lowest BCUT2D eigenvalue weighted by atomic mass is 10.4. The zero-order chi connectivity index (χ0) is 11.4. The molecule has 0 aliphatic heterocycles. The van der Waals surface area contributed by atoms with Crippen molar-refractivity contribution in [2.45, 2.75) is 18.9 Å². The minimum absolute atomic E-state index is 0.102. The maximum atomic E-state index is 12.2. The van der Waals surface area contributed by atoms with Gasteiger partial charge in [0.1, 0.15) is 11.8 Å². The Morgan fingerprint density at radius 2 is 2.18 bits per heavy atom. The van der Waals surface area contributed by atoms with Gasteiger partial charge in [0.15, 0.2) is 5.52 Å². The molecule has 84 valence electrons. The van der Waals surface area contributed by atoms with E-state index in [9.17, 15) is 4.79 Å². The van der Waals surface area contributed by atoms with Gasteiger partial charge < -0.3 is 4.57 Å². The fourth-order valence-corrected chi connectivity index (χ4v) is 2.00. The Labute approximate surface area is 94.7 Å². The summed E-state index contributed by atoms with van der Waals surface area (Å²) >= 11 is 0. The summed E-state index contributed by atoms with van der Waals surface area (Å²) < 4.78 is 3.25.